The second-order valence-electron chi connectivity index (χ2n) is 3.62. The van der Waals surface area contributed by atoms with Crippen LogP contribution >= 0.6 is 11.8 Å². The Morgan fingerprint density at radius 1 is 1.12 bits per heavy atom. The third-order valence-corrected chi connectivity index (χ3v) is 2.49. The van der Waals surface area contributed by atoms with Gasteiger partial charge in [0.1, 0.15) is 0 Å². The summed E-state index contributed by atoms with van der Waals surface area (Å²) in [6, 6.07) is 3.74. The van der Waals surface area contributed by atoms with Gasteiger partial charge in [0.15, 0.2) is 0 Å². The van der Waals surface area contributed by atoms with Crippen molar-refractivity contribution in [1.82, 2.24) is 9.82 Å². The lowest BCUT2D eigenvalue weighted by Gasteiger charge is -2.06. The molecule has 3 N–H and O–H groups in total. The minimum atomic E-state index is -0.0932. The fourth-order valence-corrected chi connectivity index (χ4v) is 1.68. The van der Waals surface area contributed by atoms with Crippen LogP contribution in [0.4, 0.5) is 0 Å². The van der Waals surface area contributed by atoms with Crippen LogP contribution in [0.3, 0.4) is 0 Å². The molecule has 0 fully saturated rings. The lowest BCUT2D eigenvalue weighted by atomic mass is 10.1. The van der Waals surface area contributed by atoms with Crippen molar-refractivity contribution in [2.45, 2.75) is 32.5 Å². The number of aryl methyl sites for hydroxylation is 1. The van der Waals surface area contributed by atoms with E-state index in [1.54, 1.807) is 0 Å². The summed E-state index contributed by atoms with van der Waals surface area (Å²) < 4.78 is 0. The normalized spacial score (nSPS) is 10.7. The molecule has 0 amide bonds. The second-order valence-corrected chi connectivity index (χ2v) is 3.88. The molecule has 0 aromatic carbocycles. The number of aliphatic hydroxyl groups is 2. The number of rotatable bonds is 7. The Labute approximate surface area is 100 Å². The van der Waals surface area contributed by atoms with E-state index in [1.165, 1.54) is 0 Å². The zero-order valence-corrected chi connectivity index (χ0v) is 9.87. The molecule has 5 heteroatoms. The van der Waals surface area contributed by atoms with E-state index in [4.69, 9.17) is 22.0 Å². The van der Waals surface area contributed by atoms with Gasteiger partial charge in [-0.2, -0.15) is 0 Å². The highest BCUT2D eigenvalue weighted by Crippen LogP contribution is 2.10. The summed E-state index contributed by atoms with van der Waals surface area (Å²) in [7, 11) is 0. The van der Waals surface area contributed by atoms with E-state index >= 15 is 0 Å². The fraction of sp³-hybridized carbons (Fsp3) is 0.545. The lowest BCUT2D eigenvalue weighted by Crippen LogP contribution is -2.02. The van der Waals surface area contributed by atoms with Gasteiger partial charge in [-0.05, 0) is 48.7 Å². The average Bonchev–Trinajstić information content (AvgIpc) is 2.34. The van der Waals surface area contributed by atoms with Crippen LogP contribution in [0.5, 0.6) is 0 Å². The van der Waals surface area contributed by atoms with Crippen LogP contribution in [-0.4, -0.2) is 21.7 Å². The monoisotopic (exact) mass is 244 g/mol. The van der Waals surface area contributed by atoms with E-state index < -0.39 is 0 Å². The van der Waals surface area contributed by atoms with Gasteiger partial charge in [-0.3, -0.25) is 4.98 Å². The van der Waals surface area contributed by atoms with Crippen LogP contribution in [-0.2, 0) is 19.6 Å². The van der Waals surface area contributed by atoms with E-state index in [0.29, 0.717) is 11.4 Å². The number of halogens is 1. The van der Waals surface area contributed by atoms with Gasteiger partial charge in [0, 0.05) is 6.54 Å². The number of pyridine rings is 1. The number of hydrogen-bond donors (Lipinski definition) is 3. The van der Waals surface area contributed by atoms with Crippen molar-refractivity contribution in [1.29, 1.82) is 0 Å². The molecule has 0 radical (unpaired) electrons. The van der Waals surface area contributed by atoms with Crippen molar-refractivity contribution in [3.63, 3.8) is 0 Å². The molecule has 0 atom stereocenters. The fourth-order valence-electron chi connectivity index (χ4n) is 1.55. The predicted molar refractivity (Wildman–Crippen MR) is 62.9 cm³/mol. The van der Waals surface area contributed by atoms with E-state index in [0.717, 1.165) is 31.4 Å². The first-order chi connectivity index (χ1) is 7.80. The predicted octanol–water partition coefficient (Wildman–Crippen LogP) is 1.13. The minimum absolute atomic E-state index is 0.0932. The Morgan fingerprint density at radius 3 is 2.25 bits per heavy atom. The summed E-state index contributed by atoms with van der Waals surface area (Å²) in [6.07, 6.45) is 2.91. The molecule has 0 aliphatic heterocycles. The van der Waals surface area contributed by atoms with Crippen molar-refractivity contribution in [2.75, 3.05) is 6.54 Å². The van der Waals surface area contributed by atoms with E-state index in [2.05, 4.69) is 9.82 Å². The second kappa shape index (κ2) is 7.57. The van der Waals surface area contributed by atoms with Crippen LogP contribution < -0.4 is 4.84 Å². The van der Waals surface area contributed by atoms with Gasteiger partial charge in [-0.15, -0.1) is 0 Å². The van der Waals surface area contributed by atoms with Gasteiger partial charge in [-0.25, -0.2) is 4.84 Å². The highest BCUT2D eigenvalue weighted by molar-refractivity contribution is 6.13. The summed E-state index contributed by atoms with van der Waals surface area (Å²) in [4.78, 5) is 6.66. The number of aliphatic hydroxyl groups excluding tert-OH is 2. The molecular formula is C11H17ClN2O2. The van der Waals surface area contributed by atoms with E-state index in [-0.39, 0.29) is 13.2 Å². The Balaban J connectivity index is 2.57. The Bertz CT molecular complexity index is 299. The first-order valence-electron chi connectivity index (χ1n) is 5.34. The topological polar surface area (TPSA) is 65.4 Å². The molecule has 90 valence electrons. The molecule has 0 saturated heterocycles. The van der Waals surface area contributed by atoms with Gasteiger partial charge >= 0.3 is 0 Å². The van der Waals surface area contributed by atoms with Crippen LogP contribution in [0, 0.1) is 0 Å². The molecule has 0 aliphatic rings. The third kappa shape index (κ3) is 4.45. The number of aromatic nitrogens is 1. The molecule has 0 saturated carbocycles. The van der Waals surface area contributed by atoms with Gasteiger partial charge in [0.2, 0.25) is 0 Å². The summed E-state index contributed by atoms with van der Waals surface area (Å²) in [5.74, 6) is 0. The molecule has 16 heavy (non-hydrogen) atoms. The standard InChI is InChI=1S/C11H17ClN2O2/c12-13-4-2-1-3-9-5-10(7-15)14-11(6-9)8-16/h5-6,13,15-16H,1-4,7-8H2. The largest absolute Gasteiger partial charge is 0.390 e. The maximum atomic E-state index is 9.02. The lowest BCUT2D eigenvalue weighted by molar-refractivity contribution is 0.265. The molecule has 0 spiro atoms. The van der Waals surface area contributed by atoms with Crippen LogP contribution in [0.15, 0.2) is 12.1 Å². The van der Waals surface area contributed by atoms with Crippen LogP contribution in [0.2, 0.25) is 0 Å². The van der Waals surface area contributed by atoms with Gasteiger partial charge in [0.05, 0.1) is 24.6 Å². The first-order valence-corrected chi connectivity index (χ1v) is 5.72. The van der Waals surface area contributed by atoms with E-state index in [1.807, 2.05) is 12.1 Å². The molecule has 0 unspecified atom stereocenters. The Morgan fingerprint density at radius 2 is 1.75 bits per heavy atom. The maximum absolute atomic E-state index is 9.02. The maximum Gasteiger partial charge on any atom is 0.0853 e. The summed E-state index contributed by atoms with van der Waals surface area (Å²) >= 11 is 5.35. The van der Waals surface area contributed by atoms with Crippen molar-refractivity contribution in [3.8, 4) is 0 Å². The van der Waals surface area contributed by atoms with E-state index in [9.17, 15) is 0 Å². The quantitative estimate of drug-likeness (QED) is 0.497. The zero-order valence-electron chi connectivity index (χ0n) is 9.12. The van der Waals surface area contributed by atoms with Gasteiger partial charge in [-0.1, -0.05) is 0 Å². The molecule has 0 bridgehead atoms. The number of nitrogens with one attached hydrogen (secondary N) is 1. The zero-order chi connectivity index (χ0) is 11.8. The van der Waals surface area contributed by atoms with Gasteiger partial charge < -0.3 is 10.2 Å². The summed E-state index contributed by atoms with van der Waals surface area (Å²) in [5.41, 5.74) is 2.31. The highest BCUT2D eigenvalue weighted by Gasteiger charge is 2.01. The number of nitrogens with zero attached hydrogens (tertiary/aromatic N) is 1. The Hall–Kier alpha value is -0.680. The molecule has 0 aliphatic carbocycles. The molecule has 1 aromatic rings. The number of unbranched alkanes of at least 4 members (excludes halogenated alkanes) is 1. The van der Waals surface area contributed by atoms with Gasteiger partial charge in [0.25, 0.3) is 0 Å². The number of hydrogen-bond acceptors (Lipinski definition) is 4. The molecule has 1 rings (SSSR count). The van der Waals surface area contributed by atoms with Crippen molar-refractivity contribution < 1.29 is 10.2 Å². The van der Waals surface area contributed by atoms with Crippen molar-refractivity contribution in [3.05, 3.63) is 29.1 Å². The molecule has 4 nitrogen and oxygen atoms in total. The highest BCUT2D eigenvalue weighted by atomic mass is 35.5. The smallest absolute Gasteiger partial charge is 0.0853 e. The minimum Gasteiger partial charge on any atom is -0.390 e. The average molecular weight is 245 g/mol. The summed E-state index contributed by atoms with van der Waals surface area (Å²) in [5, 5.41) is 18.0. The first kappa shape index (κ1) is 13.4. The van der Waals surface area contributed by atoms with Crippen LogP contribution in [0.25, 0.3) is 0 Å². The third-order valence-electron chi connectivity index (χ3n) is 2.30. The Kier molecular flexibility index (Phi) is 6.33. The SMILES string of the molecule is OCc1cc(CCCCNCl)cc(CO)n1. The van der Waals surface area contributed by atoms with Crippen molar-refractivity contribution in [2.24, 2.45) is 0 Å². The molecule has 1 heterocycles. The molecular weight excluding hydrogens is 228 g/mol. The van der Waals surface area contributed by atoms with Crippen LogP contribution in [0.1, 0.15) is 29.8 Å². The summed E-state index contributed by atoms with van der Waals surface area (Å²) in [6.45, 7) is 0.598. The van der Waals surface area contributed by atoms with Crippen molar-refractivity contribution >= 4 is 11.8 Å². The molecule has 1 aromatic heterocycles.